The molecule has 0 bridgehead atoms. The fourth-order valence-electron chi connectivity index (χ4n) is 6.43. The molecule has 0 spiro atoms. The van der Waals surface area contributed by atoms with Crippen LogP contribution in [-0.4, -0.2) is 65.7 Å². The van der Waals surface area contributed by atoms with Crippen molar-refractivity contribution in [1.82, 2.24) is 0 Å². The summed E-state index contributed by atoms with van der Waals surface area (Å²) < 4.78 is 32.6. The lowest BCUT2D eigenvalue weighted by Gasteiger charge is -2.20. The van der Waals surface area contributed by atoms with E-state index in [2.05, 4.69) is 50.3 Å². The van der Waals surface area contributed by atoms with Gasteiger partial charge in [-0.25, -0.2) is 4.57 Å². The molecule has 0 aliphatic rings. The Hall–Kier alpha value is -1.81. The number of ether oxygens (including phenoxy) is 2. The molecule has 11 heteroatoms. The summed E-state index contributed by atoms with van der Waals surface area (Å²) in [5.41, 5.74) is 0. The minimum Gasteiger partial charge on any atom is -0.457 e. The SMILES string of the molecule is CCCCCCC/C=C\C/C=C\CCCCCCCCCCCC(=O)OC(CO)COP(=O)(O)OCC(CO)OC(=O)CCCCCCC/C=C\CCCCCCC. The van der Waals surface area contributed by atoms with Crippen LogP contribution in [-0.2, 0) is 32.7 Å². The van der Waals surface area contributed by atoms with Gasteiger partial charge in [-0.1, -0.05) is 166 Å². The molecule has 0 radical (unpaired) electrons. The Bertz CT molecular complexity index is 1060. The van der Waals surface area contributed by atoms with Crippen LogP contribution in [0, 0.1) is 0 Å². The number of carbonyl (C=O) groups excluding carboxylic acids is 2. The zero-order valence-electron chi connectivity index (χ0n) is 37.0. The van der Waals surface area contributed by atoms with Crippen molar-refractivity contribution in [3.8, 4) is 0 Å². The molecule has 0 rings (SSSR count). The van der Waals surface area contributed by atoms with Gasteiger partial charge in [-0.2, -0.15) is 0 Å². The number of hydrogen-bond donors (Lipinski definition) is 3. The average Bonchev–Trinajstić information content (AvgIpc) is 3.21. The van der Waals surface area contributed by atoms with Gasteiger partial charge in [0.05, 0.1) is 26.4 Å². The lowest BCUT2D eigenvalue weighted by molar-refractivity contribution is -0.153. The van der Waals surface area contributed by atoms with Crippen LogP contribution < -0.4 is 0 Å². The minimum absolute atomic E-state index is 0.182. The number of rotatable bonds is 44. The molecule has 0 fully saturated rings. The first-order valence-electron chi connectivity index (χ1n) is 23.4. The standard InChI is InChI=1S/C47H87O10P/c1-3-5-7-9-11-13-15-17-19-20-21-22-23-24-25-27-29-31-33-35-37-39-47(51)57-45(41-49)43-55-58(52,53)54-42-44(40-48)56-46(50)38-36-34-32-30-28-26-18-16-14-12-10-8-6-4-2/h15-18,20-21,44-45,48-49H,3-14,19,22-43H2,1-2H3,(H,52,53)/b17-15-,18-16-,21-20-. The van der Waals surface area contributed by atoms with Gasteiger partial charge in [-0.3, -0.25) is 18.6 Å². The second-order valence-corrected chi connectivity index (χ2v) is 17.2. The van der Waals surface area contributed by atoms with E-state index in [4.69, 9.17) is 18.5 Å². The maximum atomic E-state index is 12.4. The van der Waals surface area contributed by atoms with Crippen LogP contribution in [0.1, 0.15) is 213 Å². The normalized spacial score (nSPS) is 14.1. The molecular formula is C47H87O10P. The Labute approximate surface area is 354 Å². The summed E-state index contributed by atoms with van der Waals surface area (Å²) in [5, 5.41) is 19.2. The van der Waals surface area contributed by atoms with E-state index >= 15 is 0 Å². The highest BCUT2D eigenvalue weighted by atomic mass is 31.2. The van der Waals surface area contributed by atoms with Crippen molar-refractivity contribution in [2.75, 3.05) is 26.4 Å². The first-order chi connectivity index (χ1) is 28.3. The van der Waals surface area contributed by atoms with Gasteiger partial charge in [0.2, 0.25) is 0 Å². The third-order valence-corrected chi connectivity index (χ3v) is 11.0. The second kappa shape index (κ2) is 43.3. The third-order valence-electron chi connectivity index (χ3n) is 10.1. The van der Waals surface area contributed by atoms with Crippen LogP contribution in [0.15, 0.2) is 36.5 Å². The number of aliphatic hydroxyl groups is 2. The zero-order valence-corrected chi connectivity index (χ0v) is 37.9. The number of unbranched alkanes of at least 4 members (excludes halogenated alkanes) is 24. The van der Waals surface area contributed by atoms with Crippen LogP contribution in [0.3, 0.4) is 0 Å². The molecule has 0 aliphatic heterocycles. The Balaban J connectivity index is 3.88. The van der Waals surface area contributed by atoms with E-state index in [1.807, 2.05) is 0 Å². The summed E-state index contributed by atoms with van der Waals surface area (Å²) in [4.78, 5) is 34.6. The molecule has 10 nitrogen and oxygen atoms in total. The van der Waals surface area contributed by atoms with Crippen LogP contribution >= 0.6 is 7.82 Å². The molecule has 0 saturated carbocycles. The van der Waals surface area contributed by atoms with Crippen molar-refractivity contribution in [3.63, 3.8) is 0 Å². The lowest BCUT2D eigenvalue weighted by atomic mass is 10.1. The van der Waals surface area contributed by atoms with Gasteiger partial charge in [0, 0.05) is 12.8 Å². The summed E-state index contributed by atoms with van der Waals surface area (Å²) in [6.45, 7) is 2.19. The smallest absolute Gasteiger partial charge is 0.457 e. The van der Waals surface area contributed by atoms with E-state index in [9.17, 15) is 29.3 Å². The van der Waals surface area contributed by atoms with Crippen molar-refractivity contribution in [2.45, 2.75) is 225 Å². The Kier molecular flexibility index (Phi) is 41.9. The van der Waals surface area contributed by atoms with Crippen LogP contribution in [0.4, 0.5) is 0 Å². The summed E-state index contributed by atoms with van der Waals surface area (Å²) in [6.07, 6.45) is 45.4. The molecule has 340 valence electrons. The first-order valence-corrected chi connectivity index (χ1v) is 24.9. The molecule has 3 N–H and O–H groups in total. The van der Waals surface area contributed by atoms with E-state index in [-0.39, 0.29) is 12.8 Å². The number of carbonyl (C=O) groups is 2. The Morgan fingerprint density at radius 3 is 1.09 bits per heavy atom. The summed E-state index contributed by atoms with van der Waals surface area (Å²) in [7, 11) is -4.64. The van der Waals surface area contributed by atoms with Gasteiger partial charge in [0.15, 0.2) is 0 Å². The number of phosphoric ester groups is 1. The van der Waals surface area contributed by atoms with Gasteiger partial charge >= 0.3 is 19.8 Å². The quantitative estimate of drug-likeness (QED) is 0.0234. The van der Waals surface area contributed by atoms with Crippen LogP contribution in [0.2, 0.25) is 0 Å². The van der Waals surface area contributed by atoms with Crippen molar-refractivity contribution < 1.29 is 47.8 Å². The summed E-state index contributed by atoms with van der Waals surface area (Å²) in [5.74, 6) is -1.03. The van der Waals surface area contributed by atoms with E-state index in [0.717, 1.165) is 70.6 Å². The molecular weight excluding hydrogens is 755 g/mol. The fraction of sp³-hybridized carbons (Fsp3) is 0.830. The van der Waals surface area contributed by atoms with Crippen molar-refractivity contribution >= 4 is 19.8 Å². The van der Waals surface area contributed by atoms with E-state index in [1.165, 1.54) is 103 Å². The van der Waals surface area contributed by atoms with Gasteiger partial charge in [0.1, 0.15) is 12.2 Å². The molecule has 0 aliphatic carbocycles. The molecule has 0 saturated heterocycles. The minimum atomic E-state index is -4.64. The van der Waals surface area contributed by atoms with Gasteiger partial charge in [0.25, 0.3) is 0 Å². The van der Waals surface area contributed by atoms with Crippen LogP contribution in [0.25, 0.3) is 0 Å². The number of hydrogen-bond acceptors (Lipinski definition) is 9. The number of aliphatic hydroxyl groups excluding tert-OH is 2. The summed E-state index contributed by atoms with van der Waals surface area (Å²) >= 11 is 0. The molecule has 0 aromatic rings. The average molecular weight is 843 g/mol. The molecule has 3 unspecified atom stereocenters. The second-order valence-electron chi connectivity index (χ2n) is 15.7. The zero-order chi connectivity index (χ0) is 42.6. The van der Waals surface area contributed by atoms with Gasteiger partial charge in [-0.05, 0) is 70.6 Å². The molecule has 58 heavy (non-hydrogen) atoms. The first kappa shape index (κ1) is 56.2. The largest absolute Gasteiger partial charge is 0.472 e. The van der Waals surface area contributed by atoms with Crippen molar-refractivity contribution in [2.24, 2.45) is 0 Å². The Morgan fingerprint density at radius 2 is 0.759 bits per heavy atom. The van der Waals surface area contributed by atoms with Gasteiger partial charge in [-0.15, -0.1) is 0 Å². The van der Waals surface area contributed by atoms with E-state index < -0.39 is 58.4 Å². The molecule has 3 atom stereocenters. The van der Waals surface area contributed by atoms with E-state index in [1.54, 1.807) is 0 Å². The topological polar surface area (TPSA) is 149 Å². The number of allylic oxidation sites excluding steroid dienone is 6. The lowest BCUT2D eigenvalue weighted by Crippen LogP contribution is -2.28. The predicted octanol–water partition coefficient (Wildman–Crippen LogP) is 12.7. The maximum Gasteiger partial charge on any atom is 0.472 e. The number of esters is 2. The Morgan fingerprint density at radius 1 is 0.466 bits per heavy atom. The maximum absolute atomic E-state index is 12.4. The molecule has 0 amide bonds. The van der Waals surface area contributed by atoms with Gasteiger partial charge < -0.3 is 24.6 Å². The molecule has 0 aromatic heterocycles. The predicted molar refractivity (Wildman–Crippen MR) is 238 cm³/mol. The fourth-order valence-corrected chi connectivity index (χ4v) is 7.22. The van der Waals surface area contributed by atoms with Crippen molar-refractivity contribution in [1.29, 1.82) is 0 Å². The highest BCUT2D eigenvalue weighted by Gasteiger charge is 2.27. The highest BCUT2D eigenvalue weighted by Crippen LogP contribution is 2.43. The molecule has 0 aromatic carbocycles. The monoisotopic (exact) mass is 843 g/mol. The van der Waals surface area contributed by atoms with Crippen LogP contribution in [0.5, 0.6) is 0 Å². The molecule has 0 heterocycles. The third kappa shape index (κ3) is 40.9. The highest BCUT2D eigenvalue weighted by molar-refractivity contribution is 7.47. The number of phosphoric acid groups is 1. The van der Waals surface area contributed by atoms with Crippen molar-refractivity contribution in [3.05, 3.63) is 36.5 Å². The summed E-state index contributed by atoms with van der Waals surface area (Å²) in [6, 6.07) is 0. The van der Waals surface area contributed by atoms with E-state index in [0.29, 0.717) is 12.8 Å².